The zero-order valence-corrected chi connectivity index (χ0v) is 19.5. The molecule has 6 nitrogen and oxygen atoms in total. The van der Waals surface area contributed by atoms with Gasteiger partial charge in [0.2, 0.25) is 5.91 Å². The van der Waals surface area contributed by atoms with E-state index in [-0.39, 0.29) is 17.6 Å². The SMILES string of the molecule is COc1ccc(NC(=O)CSc2ccccc2C(=O)Nc2cccc(Cl)c2C)cc1OC. The summed E-state index contributed by atoms with van der Waals surface area (Å²) in [5.41, 5.74) is 2.52. The van der Waals surface area contributed by atoms with Crippen LogP contribution in [0.5, 0.6) is 11.5 Å². The number of carbonyl (C=O) groups is 2. The van der Waals surface area contributed by atoms with E-state index in [1.165, 1.54) is 18.9 Å². The van der Waals surface area contributed by atoms with Gasteiger partial charge in [0, 0.05) is 27.4 Å². The van der Waals surface area contributed by atoms with E-state index in [2.05, 4.69) is 10.6 Å². The Labute approximate surface area is 196 Å². The molecule has 3 aromatic rings. The van der Waals surface area contributed by atoms with Crippen molar-refractivity contribution in [1.29, 1.82) is 0 Å². The largest absolute Gasteiger partial charge is 0.493 e. The molecule has 0 aromatic heterocycles. The Bertz CT molecular complexity index is 1140. The summed E-state index contributed by atoms with van der Waals surface area (Å²) < 4.78 is 10.5. The maximum atomic E-state index is 12.9. The third-order valence-electron chi connectivity index (χ3n) is 4.67. The zero-order valence-electron chi connectivity index (χ0n) is 17.9. The van der Waals surface area contributed by atoms with Crippen molar-refractivity contribution in [1.82, 2.24) is 0 Å². The topological polar surface area (TPSA) is 76.7 Å². The molecule has 0 radical (unpaired) electrons. The standard InChI is InChI=1S/C24H23ClN2O4S/c1-15-18(25)8-6-9-19(15)27-24(29)17-7-4-5-10-22(17)32-14-23(28)26-16-11-12-20(30-2)21(13-16)31-3/h4-13H,14H2,1-3H3,(H,26,28)(H,27,29). The van der Waals surface area contributed by atoms with Crippen LogP contribution < -0.4 is 20.1 Å². The number of benzene rings is 3. The van der Waals surface area contributed by atoms with E-state index in [0.717, 1.165) is 5.56 Å². The molecule has 0 unspecified atom stereocenters. The highest BCUT2D eigenvalue weighted by atomic mass is 35.5. The number of hydrogen-bond acceptors (Lipinski definition) is 5. The maximum absolute atomic E-state index is 12.9. The molecular formula is C24H23ClN2O4S. The smallest absolute Gasteiger partial charge is 0.256 e. The Morgan fingerprint density at radius 2 is 1.69 bits per heavy atom. The van der Waals surface area contributed by atoms with Gasteiger partial charge in [-0.15, -0.1) is 11.8 Å². The first-order chi connectivity index (χ1) is 15.4. The van der Waals surface area contributed by atoms with Crippen LogP contribution in [0.3, 0.4) is 0 Å². The van der Waals surface area contributed by atoms with Gasteiger partial charge >= 0.3 is 0 Å². The lowest BCUT2D eigenvalue weighted by Gasteiger charge is -2.13. The average molecular weight is 471 g/mol. The van der Waals surface area contributed by atoms with Gasteiger partial charge in [-0.2, -0.15) is 0 Å². The lowest BCUT2D eigenvalue weighted by molar-refractivity contribution is -0.113. The van der Waals surface area contributed by atoms with Crippen LogP contribution in [0.25, 0.3) is 0 Å². The minimum absolute atomic E-state index is 0.134. The van der Waals surface area contributed by atoms with Crippen molar-refractivity contribution in [2.75, 3.05) is 30.6 Å². The fraction of sp³-hybridized carbons (Fsp3) is 0.167. The van der Waals surface area contributed by atoms with Crippen LogP contribution in [-0.4, -0.2) is 31.8 Å². The average Bonchev–Trinajstić information content (AvgIpc) is 2.80. The monoisotopic (exact) mass is 470 g/mol. The quantitative estimate of drug-likeness (QED) is 0.416. The number of methoxy groups -OCH3 is 2. The predicted molar refractivity (Wildman–Crippen MR) is 129 cm³/mol. The fourth-order valence-corrected chi connectivity index (χ4v) is 3.99. The molecular weight excluding hydrogens is 448 g/mol. The number of anilines is 2. The summed E-state index contributed by atoms with van der Waals surface area (Å²) in [7, 11) is 3.08. The van der Waals surface area contributed by atoms with Crippen molar-refractivity contribution in [3.05, 3.63) is 76.8 Å². The molecule has 2 amide bonds. The number of rotatable bonds is 8. The highest BCUT2D eigenvalue weighted by Crippen LogP contribution is 2.30. The lowest BCUT2D eigenvalue weighted by Crippen LogP contribution is -2.16. The number of halogens is 1. The van der Waals surface area contributed by atoms with Crippen LogP contribution in [0.4, 0.5) is 11.4 Å². The Kier molecular flexibility index (Phi) is 8.03. The third-order valence-corrected chi connectivity index (χ3v) is 6.16. The molecule has 8 heteroatoms. The summed E-state index contributed by atoms with van der Waals surface area (Å²) in [4.78, 5) is 26.0. The molecule has 2 N–H and O–H groups in total. The maximum Gasteiger partial charge on any atom is 0.256 e. The van der Waals surface area contributed by atoms with Crippen LogP contribution in [0.1, 0.15) is 15.9 Å². The second-order valence-corrected chi connectivity index (χ2v) is 8.19. The lowest BCUT2D eigenvalue weighted by atomic mass is 10.1. The van der Waals surface area contributed by atoms with E-state index in [4.69, 9.17) is 21.1 Å². The van der Waals surface area contributed by atoms with Crippen molar-refractivity contribution in [3.63, 3.8) is 0 Å². The van der Waals surface area contributed by atoms with Gasteiger partial charge < -0.3 is 20.1 Å². The first-order valence-electron chi connectivity index (χ1n) is 9.73. The summed E-state index contributed by atoms with van der Waals surface area (Å²) in [5, 5.41) is 6.31. The van der Waals surface area contributed by atoms with Crippen LogP contribution >= 0.6 is 23.4 Å². The first-order valence-corrected chi connectivity index (χ1v) is 11.1. The van der Waals surface area contributed by atoms with Gasteiger partial charge in [0.25, 0.3) is 5.91 Å². The van der Waals surface area contributed by atoms with Crippen LogP contribution in [0.2, 0.25) is 5.02 Å². The Morgan fingerprint density at radius 1 is 0.938 bits per heavy atom. The van der Waals surface area contributed by atoms with Gasteiger partial charge in [-0.1, -0.05) is 29.8 Å². The molecule has 3 aromatic carbocycles. The number of ether oxygens (including phenoxy) is 2. The van der Waals surface area contributed by atoms with Crippen molar-refractivity contribution in [2.45, 2.75) is 11.8 Å². The molecule has 0 aliphatic heterocycles. The molecule has 3 rings (SSSR count). The number of hydrogen-bond donors (Lipinski definition) is 2. The number of carbonyl (C=O) groups excluding carboxylic acids is 2. The summed E-state index contributed by atoms with van der Waals surface area (Å²) in [6, 6.07) is 17.7. The second kappa shape index (κ2) is 10.9. The van der Waals surface area contributed by atoms with Crippen molar-refractivity contribution >= 4 is 46.6 Å². The van der Waals surface area contributed by atoms with E-state index in [9.17, 15) is 9.59 Å². The second-order valence-electron chi connectivity index (χ2n) is 6.77. The molecule has 0 spiro atoms. The van der Waals surface area contributed by atoms with E-state index in [1.54, 1.807) is 55.6 Å². The molecule has 0 aliphatic rings. The van der Waals surface area contributed by atoms with Crippen molar-refractivity contribution in [3.8, 4) is 11.5 Å². The van der Waals surface area contributed by atoms with Crippen LogP contribution in [-0.2, 0) is 4.79 Å². The zero-order chi connectivity index (χ0) is 23.1. The Balaban J connectivity index is 1.66. The highest BCUT2D eigenvalue weighted by Gasteiger charge is 2.15. The normalized spacial score (nSPS) is 10.4. The minimum Gasteiger partial charge on any atom is -0.493 e. The van der Waals surface area contributed by atoms with E-state index in [1.807, 2.05) is 19.1 Å². The van der Waals surface area contributed by atoms with Gasteiger partial charge in [0.1, 0.15) is 0 Å². The highest BCUT2D eigenvalue weighted by molar-refractivity contribution is 8.00. The Morgan fingerprint density at radius 3 is 2.44 bits per heavy atom. The van der Waals surface area contributed by atoms with Crippen molar-refractivity contribution in [2.24, 2.45) is 0 Å². The van der Waals surface area contributed by atoms with Crippen LogP contribution in [0, 0.1) is 6.92 Å². The summed E-state index contributed by atoms with van der Waals surface area (Å²) >= 11 is 7.43. The molecule has 0 saturated heterocycles. The molecule has 0 bridgehead atoms. The van der Waals surface area contributed by atoms with E-state index >= 15 is 0 Å². The van der Waals surface area contributed by atoms with Crippen LogP contribution in [0.15, 0.2) is 65.6 Å². The van der Waals surface area contributed by atoms with Gasteiger partial charge in [-0.3, -0.25) is 9.59 Å². The molecule has 166 valence electrons. The fourth-order valence-electron chi connectivity index (χ4n) is 2.97. The number of amides is 2. The summed E-state index contributed by atoms with van der Waals surface area (Å²) in [6.45, 7) is 1.84. The molecule has 32 heavy (non-hydrogen) atoms. The molecule has 0 heterocycles. The third kappa shape index (κ3) is 5.75. The number of nitrogens with one attached hydrogen (secondary N) is 2. The summed E-state index contributed by atoms with van der Waals surface area (Å²) in [5.74, 6) is 0.766. The minimum atomic E-state index is -0.265. The van der Waals surface area contributed by atoms with Gasteiger partial charge in [0.05, 0.1) is 25.5 Å². The number of thioether (sulfide) groups is 1. The molecule has 0 atom stereocenters. The van der Waals surface area contributed by atoms with E-state index in [0.29, 0.717) is 38.4 Å². The summed E-state index contributed by atoms with van der Waals surface area (Å²) in [6.07, 6.45) is 0. The van der Waals surface area contributed by atoms with Gasteiger partial charge in [-0.05, 0) is 48.9 Å². The van der Waals surface area contributed by atoms with Crippen molar-refractivity contribution < 1.29 is 19.1 Å². The molecule has 0 fully saturated rings. The first kappa shape index (κ1) is 23.5. The predicted octanol–water partition coefficient (Wildman–Crippen LogP) is 5.65. The van der Waals surface area contributed by atoms with Gasteiger partial charge in [-0.25, -0.2) is 0 Å². The molecule has 0 saturated carbocycles. The Hall–Kier alpha value is -3.16. The van der Waals surface area contributed by atoms with E-state index < -0.39 is 0 Å². The van der Waals surface area contributed by atoms with Gasteiger partial charge in [0.15, 0.2) is 11.5 Å². The molecule has 0 aliphatic carbocycles.